The summed E-state index contributed by atoms with van der Waals surface area (Å²) in [6.07, 6.45) is 0. The molecule has 0 saturated heterocycles. The van der Waals surface area contributed by atoms with Crippen LogP contribution in [0.2, 0.25) is 0 Å². The van der Waals surface area contributed by atoms with Crippen LogP contribution < -0.4 is 5.63 Å². The second-order valence-electron chi connectivity index (χ2n) is 10.5. The fourth-order valence-electron chi connectivity index (χ4n) is 6.63. The van der Waals surface area contributed by atoms with Gasteiger partial charge in [-0.05, 0) is 53.9 Å². The van der Waals surface area contributed by atoms with Gasteiger partial charge in [0, 0.05) is 38.3 Å². The van der Waals surface area contributed by atoms with Gasteiger partial charge >= 0.3 is 5.63 Å². The van der Waals surface area contributed by atoms with Crippen LogP contribution >= 0.6 is 0 Å². The van der Waals surface area contributed by atoms with E-state index in [1.165, 1.54) is 10.8 Å². The molecule has 0 bridgehead atoms. The average Bonchev–Trinajstić information content (AvgIpc) is 3.55. The normalized spacial score (nSPS) is 12.0. The smallest absolute Gasteiger partial charge is 0.344 e. The topological polar surface area (TPSA) is 40.1 Å². The Balaban J connectivity index is 1.41. The predicted octanol–water partition coefficient (Wildman–Crippen LogP) is 9.14. The van der Waals surface area contributed by atoms with Crippen LogP contribution in [-0.4, -0.2) is 9.13 Å². The quantitative estimate of drug-likeness (QED) is 0.166. The van der Waals surface area contributed by atoms with Gasteiger partial charge in [-0.15, -0.1) is 0 Å². The summed E-state index contributed by atoms with van der Waals surface area (Å²) >= 11 is 0. The Labute approximate surface area is 233 Å². The van der Waals surface area contributed by atoms with Gasteiger partial charge < -0.3 is 13.6 Å². The molecular weight excluding hydrogens is 504 g/mol. The van der Waals surface area contributed by atoms with Gasteiger partial charge in [0.15, 0.2) is 5.58 Å². The second kappa shape index (κ2) is 8.20. The predicted molar refractivity (Wildman–Crippen MR) is 169 cm³/mol. The fourth-order valence-corrected chi connectivity index (χ4v) is 6.63. The number of para-hydroxylation sites is 3. The number of rotatable bonds is 2. The van der Waals surface area contributed by atoms with Gasteiger partial charge in [0.2, 0.25) is 0 Å². The molecule has 0 amide bonds. The highest BCUT2D eigenvalue weighted by Gasteiger charge is 2.19. The Morgan fingerprint density at radius 3 is 1.56 bits per heavy atom. The zero-order valence-electron chi connectivity index (χ0n) is 21.9. The Bertz CT molecular complexity index is 2510. The molecule has 9 aromatic rings. The summed E-state index contributed by atoms with van der Waals surface area (Å²) in [6, 6.07) is 46.0. The van der Waals surface area contributed by atoms with Crippen molar-refractivity contribution >= 4 is 65.4 Å². The third-order valence-corrected chi connectivity index (χ3v) is 8.35. The highest BCUT2D eigenvalue weighted by Crippen LogP contribution is 2.39. The van der Waals surface area contributed by atoms with Crippen molar-refractivity contribution in [2.24, 2.45) is 0 Å². The Morgan fingerprint density at radius 2 is 0.902 bits per heavy atom. The van der Waals surface area contributed by atoms with E-state index in [0.29, 0.717) is 11.0 Å². The summed E-state index contributed by atoms with van der Waals surface area (Å²) in [5.41, 5.74) is 6.63. The first-order chi connectivity index (χ1) is 20.3. The molecule has 4 nitrogen and oxygen atoms in total. The zero-order valence-corrected chi connectivity index (χ0v) is 21.9. The van der Waals surface area contributed by atoms with Crippen LogP contribution in [0.3, 0.4) is 0 Å². The van der Waals surface area contributed by atoms with E-state index >= 15 is 0 Å². The lowest BCUT2D eigenvalue weighted by Crippen LogP contribution is -2.02. The molecule has 0 saturated carbocycles. The summed E-state index contributed by atoms with van der Waals surface area (Å²) < 4.78 is 10.7. The lowest BCUT2D eigenvalue weighted by molar-refractivity contribution is 0.572. The van der Waals surface area contributed by atoms with Crippen LogP contribution in [0.4, 0.5) is 0 Å². The molecule has 0 atom stereocenters. The van der Waals surface area contributed by atoms with Crippen LogP contribution in [0.15, 0.2) is 143 Å². The number of hydrogen-bond donors (Lipinski definition) is 0. The molecule has 0 aliphatic carbocycles. The summed E-state index contributed by atoms with van der Waals surface area (Å²) in [7, 11) is 0. The number of nitrogens with zero attached hydrogens (tertiary/aromatic N) is 2. The van der Waals surface area contributed by atoms with E-state index in [-0.39, 0.29) is 5.63 Å². The molecule has 0 N–H and O–H groups in total. The summed E-state index contributed by atoms with van der Waals surface area (Å²) in [6.45, 7) is 0. The fraction of sp³-hybridized carbons (Fsp3) is 0. The minimum atomic E-state index is -0.323. The Morgan fingerprint density at radius 1 is 0.415 bits per heavy atom. The van der Waals surface area contributed by atoms with Crippen molar-refractivity contribution in [3.8, 4) is 11.4 Å². The van der Waals surface area contributed by atoms with Crippen LogP contribution in [0.5, 0.6) is 0 Å². The standard InChI is InChI=1S/C37H22N2O2/c40-37-31-16-2-1-12-25(31)30-21-20-29-28-15-5-8-19-34(28)39(35(29)36(30)41-37)24-11-9-10-23(22-24)38-32-17-6-3-13-26(32)27-14-4-7-18-33(27)38/h1-22H. The van der Waals surface area contributed by atoms with Crippen LogP contribution in [0, 0.1) is 0 Å². The van der Waals surface area contributed by atoms with Crippen molar-refractivity contribution in [1.82, 2.24) is 9.13 Å². The minimum Gasteiger partial charge on any atom is -0.420 e. The first-order valence-corrected chi connectivity index (χ1v) is 13.7. The van der Waals surface area contributed by atoms with Gasteiger partial charge in [0.25, 0.3) is 0 Å². The Kier molecular flexibility index (Phi) is 4.44. The molecule has 9 rings (SSSR count). The third-order valence-electron chi connectivity index (χ3n) is 8.35. The molecule has 192 valence electrons. The maximum Gasteiger partial charge on any atom is 0.344 e. The van der Waals surface area contributed by atoms with Gasteiger partial charge in [-0.1, -0.05) is 84.9 Å². The molecule has 4 heteroatoms. The number of aromatic nitrogens is 2. The molecule has 6 aromatic carbocycles. The van der Waals surface area contributed by atoms with E-state index in [1.54, 1.807) is 0 Å². The average molecular weight is 527 g/mol. The van der Waals surface area contributed by atoms with E-state index in [4.69, 9.17) is 4.42 Å². The van der Waals surface area contributed by atoms with E-state index in [2.05, 4.69) is 118 Å². The van der Waals surface area contributed by atoms with Gasteiger partial charge in [0.1, 0.15) is 0 Å². The van der Waals surface area contributed by atoms with Crippen LogP contribution in [0.25, 0.3) is 76.7 Å². The van der Waals surface area contributed by atoms with Crippen molar-refractivity contribution in [3.63, 3.8) is 0 Å². The molecule has 3 heterocycles. The van der Waals surface area contributed by atoms with E-state index < -0.39 is 0 Å². The Hall–Kier alpha value is -5.61. The molecule has 0 radical (unpaired) electrons. The largest absolute Gasteiger partial charge is 0.420 e. The summed E-state index contributed by atoms with van der Waals surface area (Å²) in [5, 5.41) is 7.04. The maximum absolute atomic E-state index is 13.2. The second-order valence-corrected chi connectivity index (χ2v) is 10.5. The maximum atomic E-state index is 13.2. The van der Waals surface area contributed by atoms with Crippen LogP contribution in [-0.2, 0) is 0 Å². The van der Waals surface area contributed by atoms with Crippen molar-refractivity contribution in [2.75, 3.05) is 0 Å². The first-order valence-electron chi connectivity index (χ1n) is 13.7. The first kappa shape index (κ1) is 22.2. The number of benzene rings is 6. The van der Waals surface area contributed by atoms with Crippen molar-refractivity contribution < 1.29 is 4.42 Å². The van der Waals surface area contributed by atoms with Gasteiger partial charge in [-0.3, -0.25) is 0 Å². The molecule has 3 aromatic heterocycles. The van der Waals surface area contributed by atoms with E-state index in [1.807, 2.05) is 24.3 Å². The molecular formula is C37H22N2O2. The highest BCUT2D eigenvalue weighted by atomic mass is 16.4. The number of hydrogen-bond acceptors (Lipinski definition) is 2. The lowest BCUT2D eigenvalue weighted by atomic mass is 10.1. The van der Waals surface area contributed by atoms with E-state index in [0.717, 1.165) is 55.0 Å². The lowest BCUT2D eigenvalue weighted by Gasteiger charge is -2.13. The van der Waals surface area contributed by atoms with Crippen molar-refractivity contribution in [3.05, 3.63) is 144 Å². The molecule has 0 fully saturated rings. The van der Waals surface area contributed by atoms with E-state index in [9.17, 15) is 4.79 Å². The van der Waals surface area contributed by atoms with Crippen LogP contribution in [0.1, 0.15) is 0 Å². The van der Waals surface area contributed by atoms with Gasteiger partial charge in [-0.25, -0.2) is 4.79 Å². The molecule has 0 unspecified atom stereocenters. The van der Waals surface area contributed by atoms with Crippen molar-refractivity contribution in [1.29, 1.82) is 0 Å². The van der Waals surface area contributed by atoms with Crippen molar-refractivity contribution in [2.45, 2.75) is 0 Å². The summed E-state index contributed by atoms with van der Waals surface area (Å²) in [4.78, 5) is 13.2. The monoisotopic (exact) mass is 526 g/mol. The molecule has 0 aliphatic rings. The third kappa shape index (κ3) is 3.02. The SMILES string of the molecule is O=c1oc2c(ccc3c4ccccc4n(-c4cccc(-n5c6ccccc6c6ccccc65)c4)c32)c2ccccc12. The molecule has 41 heavy (non-hydrogen) atoms. The van der Waals surface area contributed by atoms with Gasteiger partial charge in [0.05, 0.1) is 27.5 Å². The summed E-state index contributed by atoms with van der Waals surface area (Å²) in [5.74, 6) is 0. The van der Waals surface area contributed by atoms with Gasteiger partial charge in [-0.2, -0.15) is 0 Å². The minimum absolute atomic E-state index is 0.323. The highest BCUT2D eigenvalue weighted by molar-refractivity contribution is 6.20. The number of fused-ring (bicyclic) bond motifs is 10. The zero-order chi connectivity index (χ0) is 27.1. The molecule has 0 aliphatic heterocycles. The molecule has 0 spiro atoms.